The average molecular weight is 550 g/mol. The van der Waals surface area contributed by atoms with Gasteiger partial charge in [0.25, 0.3) is 11.6 Å². The molecule has 4 rings (SSSR count). The van der Waals surface area contributed by atoms with Crippen molar-refractivity contribution in [2.75, 3.05) is 18.5 Å². The third kappa shape index (κ3) is 6.28. The molecule has 15 heteroatoms. The molecule has 1 aliphatic rings. The maximum Gasteiger partial charge on any atom is 0.415 e. The maximum absolute atomic E-state index is 13.0. The number of nitro groups is 1. The number of nitro benzene ring substituents is 1. The van der Waals surface area contributed by atoms with Crippen molar-refractivity contribution in [2.45, 2.75) is 25.9 Å². The molecule has 0 saturated heterocycles. The van der Waals surface area contributed by atoms with Crippen molar-refractivity contribution in [3.8, 4) is 5.75 Å². The van der Waals surface area contributed by atoms with E-state index in [1.54, 1.807) is 37.4 Å². The normalized spacial score (nSPS) is 13.7. The molecule has 1 atom stereocenters. The summed E-state index contributed by atoms with van der Waals surface area (Å²) in [5.74, 6) is 11.4. The highest BCUT2D eigenvalue weighted by Gasteiger charge is 2.24. The second kappa shape index (κ2) is 12.1. The number of amides is 2. The van der Waals surface area contributed by atoms with E-state index in [4.69, 9.17) is 16.4 Å². The molecule has 2 amide bonds. The van der Waals surface area contributed by atoms with Gasteiger partial charge >= 0.3 is 6.09 Å². The van der Waals surface area contributed by atoms with Gasteiger partial charge in [-0.05, 0) is 54.8 Å². The highest BCUT2D eigenvalue weighted by Crippen LogP contribution is 2.22. The molecule has 0 radical (unpaired) electrons. The summed E-state index contributed by atoms with van der Waals surface area (Å²) in [6.07, 6.45) is 1.48. The van der Waals surface area contributed by atoms with Crippen molar-refractivity contribution in [1.29, 1.82) is 0 Å². The fraction of sp³-hybridized carbons (Fsp3) is 0.240. The van der Waals surface area contributed by atoms with Crippen LogP contribution in [0.25, 0.3) is 0 Å². The van der Waals surface area contributed by atoms with Crippen LogP contribution in [0, 0.1) is 10.1 Å². The van der Waals surface area contributed by atoms with Crippen LogP contribution >= 0.6 is 0 Å². The van der Waals surface area contributed by atoms with Gasteiger partial charge in [0.2, 0.25) is 0 Å². The Kier molecular flexibility index (Phi) is 8.46. The Labute approximate surface area is 228 Å². The Morgan fingerprint density at radius 2 is 2.00 bits per heavy atom. The van der Waals surface area contributed by atoms with Crippen LogP contribution in [0.4, 0.5) is 16.3 Å². The van der Waals surface area contributed by atoms with Crippen LogP contribution in [0.15, 0.2) is 59.8 Å². The Balaban J connectivity index is 1.44. The zero-order valence-corrected chi connectivity index (χ0v) is 21.4. The average Bonchev–Trinajstić information content (AvgIpc) is 2.96. The van der Waals surface area contributed by atoms with Gasteiger partial charge in [0, 0.05) is 31.4 Å². The van der Waals surface area contributed by atoms with E-state index in [0.29, 0.717) is 13.0 Å². The number of hydrazone groups is 1. The number of nitrogens with one attached hydrogen (secondary N) is 1. The number of hydrazine groups is 1. The van der Waals surface area contributed by atoms with Gasteiger partial charge in [-0.3, -0.25) is 24.9 Å². The largest absolute Gasteiger partial charge is 0.415 e. The summed E-state index contributed by atoms with van der Waals surface area (Å²) in [4.78, 5) is 46.0. The van der Waals surface area contributed by atoms with Crippen molar-refractivity contribution in [3.05, 3.63) is 87.4 Å². The van der Waals surface area contributed by atoms with Crippen molar-refractivity contribution in [1.82, 2.24) is 19.9 Å². The van der Waals surface area contributed by atoms with E-state index < -0.39 is 23.0 Å². The second-order valence-electron chi connectivity index (χ2n) is 8.88. The summed E-state index contributed by atoms with van der Waals surface area (Å²) >= 11 is 0. The number of non-ortho nitro benzene ring substituents is 1. The molecule has 1 unspecified atom stereocenters. The van der Waals surface area contributed by atoms with Gasteiger partial charge in [0.05, 0.1) is 17.6 Å². The molecule has 3 aromatic rings. The Hall–Kier alpha value is -5.15. The van der Waals surface area contributed by atoms with Crippen molar-refractivity contribution in [2.24, 2.45) is 16.8 Å². The number of nitrogens with two attached hydrogens (primary N) is 2. The van der Waals surface area contributed by atoms with Crippen LogP contribution in [0.3, 0.4) is 0 Å². The first-order valence-corrected chi connectivity index (χ1v) is 12.1. The third-order valence-corrected chi connectivity index (χ3v) is 6.16. The summed E-state index contributed by atoms with van der Waals surface area (Å²) in [7, 11) is 0. The van der Waals surface area contributed by atoms with Gasteiger partial charge in [0.1, 0.15) is 23.0 Å². The Morgan fingerprint density at radius 3 is 2.67 bits per heavy atom. The number of carbonyl (C=O) groups is 2. The minimum atomic E-state index is -0.620. The number of rotatable bonds is 7. The molecule has 0 aliphatic carbocycles. The predicted octanol–water partition coefficient (Wildman–Crippen LogP) is 1.37. The van der Waals surface area contributed by atoms with Crippen molar-refractivity contribution >= 4 is 29.3 Å². The van der Waals surface area contributed by atoms with Gasteiger partial charge in [0.15, 0.2) is 5.84 Å². The first-order valence-electron chi connectivity index (χ1n) is 12.1. The molecule has 0 fully saturated rings. The lowest BCUT2D eigenvalue weighted by Crippen LogP contribution is -2.47. The molecule has 6 N–H and O–H groups in total. The lowest BCUT2D eigenvalue weighted by atomic mass is 10.0. The van der Waals surface area contributed by atoms with E-state index in [0.717, 1.165) is 11.1 Å². The topological polar surface area (TPSA) is 215 Å². The lowest BCUT2D eigenvalue weighted by Gasteiger charge is -2.28. The number of aliphatic hydroxyl groups excluding tert-OH is 1. The molecular formula is C25H27N9O6. The smallest absolute Gasteiger partial charge is 0.410 e. The minimum absolute atomic E-state index is 0.110. The Bertz CT molecular complexity index is 1450. The standard InChI is InChI=1S/C25H27N9O6/c1-15(14-35)33(27)23(31-26)20-3-2-4-22(29-20)30-24(36)21-11-17-13-32(10-9-16(17)12-28-21)25(37)40-19-7-5-18(6-8-19)34(38)39/h2-8,11-12,15,35H,9-10,13-14,26-27H2,1H3,(H,29,30,36)/b31-23-. The predicted molar refractivity (Wildman–Crippen MR) is 143 cm³/mol. The number of anilines is 1. The number of benzene rings is 1. The van der Waals surface area contributed by atoms with E-state index in [2.05, 4.69) is 20.4 Å². The molecule has 3 heterocycles. The van der Waals surface area contributed by atoms with Gasteiger partial charge in [-0.15, -0.1) is 0 Å². The van der Waals surface area contributed by atoms with E-state index in [-0.39, 0.29) is 47.6 Å². The van der Waals surface area contributed by atoms with Crippen LogP contribution in [0.5, 0.6) is 5.75 Å². The number of amidine groups is 1. The number of nitrogens with zero attached hydrogens (tertiary/aromatic N) is 6. The number of aromatic nitrogens is 2. The zero-order valence-electron chi connectivity index (χ0n) is 21.4. The maximum atomic E-state index is 13.0. The number of hydrogen-bond donors (Lipinski definition) is 4. The van der Waals surface area contributed by atoms with Crippen molar-refractivity contribution < 1.29 is 24.4 Å². The number of carbonyl (C=O) groups excluding carboxylic acids is 2. The van der Waals surface area contributed by atoms with E-state index in [9.17, 15) is 24.8 Å². The molecule has 1 aromatic carbocycles. The molecule has 0 spiro atoms. The van der Waals surface area contributed by atoms with E-state index in [1.165, 1.54) is 34.2 Å². The van der Waals surface area contributed by atoms with Crippen molar-refractivity contribution in [3.63, 3.8) is 0 Å². The fourth-order valence-corrected chi connectivity index (χ4v) is 3.89. The van der Waals surface area contributed by atoms with Crippen LogP contribution in [-0.4, -0.2) is 66.9 Å². The second-order valence-corrected chi connectivity index (χ2v) is 8.88. The van der Waals surface area contributed by atoms with Crippen LogP contribution in [-0.2, 0) is 13.0 Å². The molecule has 2 aromatic heterocycles. The van der Waals surface area contributed by atoms with E-state index in [1.807, 2.05) is 0 Å². The number of hydrogen-bond acceptors (Lipinski definition) is 11. The third-order valence-electron chi connectivity index (χ3n) is 6.16. The quantitative estimate of drug-likeness (QED) is 0.108. The monoisotopic (exact) mass is 549 g/mol. The first kappa shape index (κ1) is 27.9. The highest BCUT2D eigenvalue weighted by atomic mass is 16.6. The summed E-state index contributed by atoms with van der Waals surface area (Å²) in [5.41, 5.74) is 1.89. The molecule has 40 heavy (non-hydrogen) atoms. The van der Waals surface area contributed by atoms with E-state index >= 15 is 0 Å². The molecule has 208 valence electrons. The van der Waals surface area contributed by atoms with Crippen LogP contribution in [0.1, 0.15) is 34.2 Å². The minimum Gasteiger partial charge on any atom is -0.410 e. The number of pyridine rings is 2. The zero-order chi connectivity index (χ0) is 28.8. The van der Waals surface area contributed by atoms with Crippen LogP contribution in [0.2, 0.25) is 0 Å². The van der Waals surface area contributed by atoms with Gasteiger partial charge in [-0.1, -0.05) is 6.07 Å². The molecule has 0 bridgehead atoms. The molecule has 1 aliphatic heterocycles. The summed E-state index contributed by atoms with van der Waals surface area (Å²) < 4.78 is 5.36. The van der Waals surface area contributed by atoms with Gasteiger partial charge < -0.3 is 25.9 Å². The Morgan fingerprint density at radius 1 is 1.25 bits per heavy atom. The summed E-state index contributed by atoms with van der Waals surface area (Å²) in [6.45, 7) is 2.00. The number of ether oxygens (including phenoxy) is 1. The number of aliphatic hydroxyl groups is 1. The molecular weight excluding hydrogens is 522 g/mol. The fourth-order valence-electron chi connectivity index (χ4n) is 3.89. The molecule has 0 saturated carbocycles. The summed E-state index contributed by atoms with van der Waals surface area (Å²) in [6, 6.07) is 11.1. The summed E-state index contributed by atoms with van der Waals surface area (Å²) in [5, 5.41) is 27.7. The lowest BCUT2D eigenvalue weighted by molar-refractivity contribution is -0.384. The van der Waals surface area contributed by atoms with Crippen LogP contribution < -0.4 is 21.7 Å². The SMILES string of the molecule is CC(CO)N(N)/C(=N\N)c1cccc(NC(=O)c2cc3c(cn2)CCN(C(=O)Oc2ccc([N+](=O)[O-])cc2)C3)n1. The highest BCUT2D eigenvalue weighted by molar-refractivity contribution is 6.03. The van der Waals surface area contributed by atoms with Gasteiger partial charge in [-0.25, -0.2) is 15.6 Å². The number of fused-ring (bicyclic) bond motifs is 1. The van der Waals surface area contributed by atoms with Gasteiger partial charge in [-0.2, -0.15) is 5.10 Å². The first-order chi connectivity index (χ1) is 19.2. The molecule has 15 nitrogen and oxygen atoms in total.